The number of nitrogens with one attached hydrogen (secondary N) is 1. The smallest absolute Gasteiger partial charge is 0.244 e. The summed E-state index contributed by atoms with van der Waals surface area (Å²) in [5, 5.41) is 15.3. The van der Waals surface area contributed by atoms with Gasteiger partial charge in [-0.2, -0.15) is 0 Å². The summed E-state index contributed by atoms with van der Waals surface area (Å²) >= 11 is 0. The number of furan rings is 1. The molecule has 1 heterocycles. The third kappa shape index (κ3) is 3.91. The standard InChI is InChI=1S/C20H19NO3/c22-19(18-9-3-6-15-5-1-2-8-17(15)18)12-13-21-20(23)11-10-16-7-4-14-24-16/h1-11,14,19,22H,12-13H2,(H,21,23)/b11-10+/t19-/m1/s1. The van der Waals surface area contributed by atoms with E-state index in [-0.39, 0.29) is 5.91 Å². The highest BCUT2D eigenvalue weighted by Crippen LogP contribution is 2.25. The van der Waals surface area contributed by atoms with E-state index in [1.807, 2.05) is 42.5 Å². The molecule has 4 heteroatoms. The number of aliphatic hydroxyl groups is 1. The Bertz CT molecular complexity index is 832. The van der Waals surface area contributed by atoms with Gasteiger partial charge < -0.3 is 14.8 Å². The largest absolute Gasteiger partial charge is 0.465 e. The number of hydrogen-bond acceptors (Lipinski definition) is 3. The van der Waals surface area contributed by atoms with Crippen molar-refractivity contribution in [3.05, 3.63) is 78.3 Å². The maximum Gasteiger partial charge on any atom is 0.244 e. The van der Waals surface area contributed by atoms with Crippen LogP contribution in [0.15, 0.2) is 71.4 Å². The Morgan fingerprint density at radius 3 is 2.79 bits per heavy atom. The number of aliphatic hydroxyl groups excluding tert-OH is 1. The Hall–Kier alpha value is -2.85. The van der Waals surface area contributed by atoms with E-state index >= 15 is 0 Å². The average molecular weight is 321 g/mol. The van der Waals surface area contributed by atoms with Crippen LogP contribution in [0.25, 0.3) is 16.8 Å². The molecule has 4 nitrogen and oxygen atoms in total. The second-order valence-electron chi connectivity index (χ2n) is 5.51. The van der Waals surface area contributed by atoms with Crippen molar-refractivity contribution in [3.8, 4) is 0 Å². The lowest BCUT2D eigenvalue weighted by atomic mass is 9.99. The van der Waals surface area contributed by atoms with Gasteiger partial charge in [0.05, 0.1) is 12.4 Å². The number of hydrogen-bond donors (Lipinski definition) is 2. The van der Waals surface area contributed by atoms with Crippen molar-refractivity contribution >= 4 is 22.8 Å². The maximum absolute atomic E-state index is 11.7. The summed E-state index contributed by atoms with van der Waals surface area (Å²) in [5.74, 6) is 0.414. The van der Waals surface area contributed by atoms with E-state index in [0.717, 1.165) is 16.3 Å². The van der Waals surface area contributed by atoms with Gasteiger partial charge in [-0.05, 0) is 41.0 Å². The van der Waals surface area contributed by atoms with E-state index in [1.165, 1.54) is 6.08 Å². The van der Waals surface area contributed by atoms with Crippen molar-refractivity contribution in [2.75, 3.05) is 6.54 Å². The highest BCUT2D eigenvalue weighted by Gasteiger charge is 2.11. The van der Waals surface area contributed by atoms with Crippen LogP contribution >= 0.6 is 0 Å². The predicted molar refractivity (Wildman–Crippen MR) is 94.3 cm³/mol. The summed E-state index contributed by atoms with van der Waals surface area (Å²) in [6, 6.07) is 17.4. The van der Waals surface area contributed by atoms with E-state index in [1.54, 1.807) is 24.5 Å². The summed E-state index contributed by atoms with van der Waals surface area (Å²) < 4.78 is 5.12. The number of fused-ring (bicyclic) bond motifs is 1. The minimum absolute atomic E-state index is 0.212. The van der Waals surface area contributed by atoms with E-state index in [2.05, 4.69) is 5.32 Å². The van der Waals surface area contributed by atoms with Gasteiger partial charge in [-0.25, -0.2) is 0 Å². The molecule has 0 bridgehead atoms. The molecular weight excluding hydrogens is 302 g/mol. The van der Waals surface area contributed by atoms with Gasteiger partial charge in [-0.3, -0.25) is 4.79 Å². The van der Waals surface area contributed by atoms with Crippen LogP contribution in [0.4, 0.5) is 0 Å². The molecule has 24 heavy (non-hydrogen) atoms. The first kappa shape index (κ1) is 16.0. The van der Waals surface area contributed by atoms with Gasteiger partial charge in [0.25, 0.3) is 0 Å². The first-order chi connectivity index (χ1) is 11.7. The lowest BCUT2D eigenvalue weighted by Gasteiger charge is -2.14. The van der Waals surface area contributed by atoms with Gasteiger partial charge >= 0.3 is 0 Å². The monoisotopic (exact) mass is 321 g/mol. The summed E-state index contributed by atoms with van der Waals surface area (Å²) in [4.78, 5) is 11.7. The van der Waals surface area contributed by atoms with E-state index < -0.39 is 6.10 Å². The molecule has 0 aliphatic carbocycles. The SMILES string of the molecule is O=C(/C=C/c1ccco1)NCC[C@@H](O)c1cccc2ccccc12. The number of amides is 1. The summed E-state index contributed by atoms with van der Waals surface area (Å²) in [6.07, 6.45) is 4.41. The van der Waals surface area contributed by atoms with Crippen LogP contribution in [0.3, 0.4) is 0 Å². The van der Waals surface area contributed by atoms with Crippen molar-refractivity contribution < 1.29 is 14.3 Å². The second kappa shape index (κ2) is 7.62. The number of carbonyl (C=O) groups excluding carboxylic acids is 1. The molecule has 0 radical (unpaired) electrons. The molecule has 1 amide bonds. The van der Waals surface area contributed by atoms with Gasteiger partial charge in [-0.1, -0.05) is 42.5 Å². The average Bonchev–Trinajstić information content (AvgIpc) is 3.13. The number of benzene rings is 2. The molecule has 0 unspecified atom stereocenters. The van der Waals surface area contributed by atoms with Gasteiger partial charge in [0, 0.05) is 12.6 Å². The first-order valence-corrected chi connectivity index (χ1v) is 7.89. The molecule has 2 aromatic carbocycles. The van der Waals surface area contributed by atoms with Crippen molar-refractivity contribution in [1.82, 2.24) is 5.32 Å². The quantitative estimate of drug-likeness (QED) is 0.681. The fourth-order valence-electron chi connectivity index (χ4n) is 2.63. The van der Waals surface area contributed by atoms with Gasteiger partial charge in [0.2, 0.25) is 5.91 Å². The zero-order valence-electron chi connectivity index (χ0n) is 13.2. The van der Waals surface area contributed by atoms with Gasteiger partial charge in [0.1, 0.15) is 5.76 Å². The normalized spacial score (nSPS) is 12.5. The minimum atomic E-state index is -0.620. The third-order valence-corrected chi connectivity index (χ3v) is 3.84. The Morgan fingerprint density at radius 2 is 1.96 bits per heavy atom. The summed E-state index contributed by atoms with van der Waals surface area (Å²) in [5.41, 5.74) is 0.883. The van der Waals surface area contributed by atoms with Crippen LogP contribution < -0.4 is 5.32 Å². The van der Waals surface area contributed by atoms with Gasteiger partial charge in [-0.15, -0.1) is 0 Å². The van der Waals surface area contributed by atoms with Crippen LogP contribution in [0.5, 0.6) is 0 Å². The summed E-state index contributed by atoms with van der Waals surface area (Å²) in [7, 11) is 0. The number of rotatable bonds is 6. The minimum Gasteiger partial charge on any atom is -0.465 e. The number of carbonyl (C=O) groups is 1. The van der Waals surface area contributed by atoms with E-state index in [4.69, 9.17) is 4.42 Å². The molecule has 1 atom stereocenters. The van der Waals surface area contributed by atoms with Crippen LogP contribution in [0.2, 0.25) is 0 Å². The fraction of sp³-hybridized carbons (Fsp3) is 0.150. The Kier molecular flexibility index (Phi) is 5.08. The van der Waals surface area contributed by atoms with Crippen LogP contribution in [-0.4, -0.2) is 17.6 Å². The maximum atomic E-state index is 11.7. The molecule has 0 aliphatic rings. The van der Waals surface area contributed by atoms with E-state index in [9.17, 15) is 9.90 Å². The Balaban J connectivity index is 1.55. The van der Waals surface area contributed by atoms with E-state index in [0.29, 0.717) is 18.7 Å². The molecule has 0 saturated heterocycles. The van der Waals surface area contributed by atoms with Crippen molar-refractivity contribution in [2.45, 2.75) is 12.5 Å². The molecule has 0 saturated carbocycles. The van der Waals surface area contributed by atoms with Crippen LogP contribution in [0.1, 0.15) is 23.8 Å². The van der Waals surface area contributed by atoms with Crippen LogP contribution in [-0.2, 0) is 4.79 Å². The van der Waals surface area contributed by atoms with Crippen molar-refractivity contribution in [3.63, 3.8) is 0 Å². The lowest BCUT2D eigenvalue weighted by Crippen LogP contribution is -2.23. The molecule has 3 aromatic rings. The third-order valence-electron chi connectivity index (χ3n) is 3.84. The predicted octanol–water partition coefficient (Wildman–Crippen LogP) is 3.69. The first-order valence-electron chi connectivity index (χ1n) is 7.89. The zero-order chi connectivity index (χ0) is 16.8. The van der Waals surface area contributed by atoms with Crippen LogP contribution in [0, 0.1) is 0 Å². The molecule has 1 aromatic heterocycles. The Labute approximate surface area is 140 Å². The molecule has 2 N–H and O–H groups in total. The van der Waals surface area contributed by atoms with Gasteiger partial charge in [0.15, 0.2) is 0 Å². The topological polar surface area (TPSA) is 62.5 Å². The highest BCUT2D eigenvalue weighted by molar-refractivity contribution is 5.91. The van der Waals surface area contributed by atoms with Crippen molar-refractivity contribution in [1.29, 1.82) is 0 Å². The molecule has 0 spiro atoms. The molecule has 122 valence electrons. The summed E-state index contributed by atoms with van der Waals surface area (Å²) in [6.45, 7) is 0.395. The second-order valence-corrected chi connectivity index (χ2v) is 5.51. The lowest BCUT2D eigenvalue weighted by molar-refractivity contribution is -0.116. The fourth-order valence-corrected chi connectivity index (χ4v) is 2.63. The molecular formula is C20H19NO3. The van der Waals surface area contributed by atoms with Crippen molar-refractivity contribution in [2.24, 2.45) is 0 Å². The zero-order valence-corrected chi connectivity index (χ0v) is 13.2. The molecule has 0 fully saturated rings. The molecule has 3 rings (SSSR count). The highest BCUT2D eigenvalue weighted by atomic mass is 16.3. The molecule has 0 aliphatic heterocycles. The Morgan fingerprint density at radius 1 is 1.12 bits per heavy atom.